The van der Waals surface area contributed by atoms with Gasteiger partial charge in [-0.3, -0.25) is 4.79 Å². The summed E-state index contributed by atoms with van der Waals surface area (Å²) >= 11 is 0. The number of aromatic nitrogens is 1. The van der Waals surface area contributed by atoms with Gasteiger partial charge in [-0.25, -0.2) is 4.79 Å². The van der Waals surface area contributed by atoms with Crippen LogP contribution >= 0.6 is 0 Å². The summed E-state index contributed by atoms with van der Waals surface area (Å²) in [4.78, 5) is 26.1. The van der Waals surface area contributed by atoms with Crippen LogP contribution in [0, 0.1) is 11.8 Å². The second-order valence-electron chi connectivity index (χ2n) is 6.61. The molecule has 1 aromatic carbocycles. The van der Waals surface area contributed by atoms with Gasteiger partial charge in [-0.2, -0.15) is 0 Å². The van der Waals surface area contributed by atoms with Gasteiger partial charge in [0.1, 0.15) is 5.69 Å². The molecule has 0 saturated carbocycles. The maximum Gasteiger partial charge on any atom is 0.352 e. The van der Waals surface area contributed by atoms with Crippen LogP contribution in [0.3, 0.4) is 0 Å². The van der Waals surface area contributed by atoms with Gasteiger partial charge < -0.3 is 25.0 Å². The summed E-state index contributed by atoms with van der Waals surface area (Å²) in [6.07, 6.45) is 0. The number of ether oxygens (including phenoxy) is 2. The first-order chi connectivity index (χ1) is 11.3. The van der Waals surface area contributed by atoms with E-state index in [9.17, 15) is 9.59 Å². The van der Waals surface area contributed by atoms with Crippen molar-refractivity contribution in [2.24, 2.45) is 11.8 Å². The van der Waals surface area contributed by atoms with E-state index in [1.165, 1.54) is 0 Å². The predicted molar refractivity (Wildman–Crippen MR) is 95.8 cm³/mol. The fraction of sp³-hybridized carbons (Fsp3) is 0.444. The summed E-state index contributed by atoms with van der Waals surface area (Å²) in [5.74, 6) is 0.452. The highest BCUT2D eigenvalue weighted by molar-refractivity contribution is 5.90. The number of rotatable bonds is 7. The highest BCUT2D eigenvalue weighted by Gasteiger charge is 2.14. The largest absolute Gasteiger partial charge is 0.489 e. The second-order valence-corrected chi connectivity index (χ2v) is 6.61. The Morgan fingerprint density at radius 2 is 1.56 bits per heavy atom. The molecule has 2 aromatic rings. The lowest BCUT2D eigenvalue weighted by atomic mass is 10.1. The summed E-state index contributed by atoms with van der Waals surface area (Å²) in [5.41, 5.74) is -0.111. The minimum Gasteiger partial charge on any atom is -0.489 e. The number of benzene rings is 1. The fourth-order valence-electron chi connectivity index (χ4n) is 2.11. The van der Waals surface area contributed by atoms with E-state index in [1.54, 1.807) is 12.1 Å². The van der Waals surface area contributed by atoms with Crippen LogP contribution in [0.1, 0.15) is 38.2 Å². The highest BCUT2D eigenvalue weighted by atomic mass is 16.5. The van der Waals surface area contributed by atoms with Crippen LogP contribution in [-0.4, -0.2) is 34.7 Å². The van der Waals surface area contributed by atoms with Crippen molar-refractivity contribution < 1.29 is 24.9 Å². The molecule has 0 aliphatic heterocycles. The molecular weight excluding hydrogens is 326 g/mol. The van der Waals surface area contributed by atoms with Crippen molar-refractivity contribution >= 4 is 16.9 Å². The van der Waals surface area contributed by atoms with E-state index in [1.807, 2.05) is 27.7 Å². The molecule has 0 fully saturated rings. The molecule has 0 amide bonds. The summed E-state index contributed by atoms with van der Waals surface area (Å²) in [7, 11) is 0. The SMILES string of the molecule is CC(C)COc1cc2[nH]c(C(=O)O)cc(=O)c2cc1OCC(C)C.O. The van der Waals surface area contributed by atoms with Gasteiger partial charge in [-0.15, -0.1) is 0 Å². The minimum absolute atomic E-state index is 0. The zero-order valence-electron chi connectivity index (χ0n) is 14.9. The van der Waals surface area contributed by atoms with Gasteiger partial charge in [0.2, 0.25) is 0 Å². The number of fused-ring (bicyclic) bond motifs is 1. The average molecular weight is 351 g/mol. The Bertz CT molecular complexity index is 794. The summed E-state index contributed by atoms with van der Waals surface area (Å²) < 4.78 is 11.6. The molecule has 0 aliphatic carbocycles. The van der Waals surface area contributed by atoms with Crippen molar-refractivity contribution in [1.82, 2.24) is 4.98 Å². The first-order valence-electron chi connectivity index (χ1n) is 7.98. The molecule has 7 nitrogen and oxygen atoms in total. The van der Waals surface area contributed by atoms with Crippen LogP contribution in [0.2, 0.25) is 0 Å². The highest BCUT2D eigenvalue weighted by Crippen LogP contribution is 2.31. The van der Waals surface area contributed by atoms with Crippen LogP contribution in [-0.2, 0) is 0 Å². The van der Waals surface area contributed by atoms with Crippen molar-refractivity contribution in [1.29, 1.82) is 0 Å². The van der Waals surface area contributed by atoms with Gasteiger partial charge in [-0.05, 0) is 17.9 Å². The van der Waals surface area contributed by atoms with E-state index in [0.29, 0.717) is 47.5 Å². The lowest BCUT2D eigenvalue weighted by Crippen LogP contribution is -2.12. The quantitative estimate of drug-likeness (QED) is 0.794. The Morgan fingerprint density at radius 1 is 1.04 bits per heavy atom. The van der Waals surface area contributed by atoms with Gasteiger partial charge in [0.05, 0.1) is 18.7 Å². The normalized spacial score (nSPS) is 10.8. The monoisotopic (exact) mass is 351 g/mol. The number of pyridine rings is 1. The average Bonchev–Trinajstić information content (AvgIpc) is 2.50. The molecule has 0 bridgehead atoms. The first kappa shape index (κ1) is 20.5. The lowest BCUT2D eigenvalue weighted by molar-refractivity contribution is 0.0691. The van der Waals surface area contributed by atoms with Gasteiger partial charge in [0.15, 0.2) is 16.9 Å². The summed E-state index contributed by atoms with van der Waals surface area (Å²) in [6.45, 7) is 9.10. The standard InChI is InChI=1S/C18H23NO5.H2O/c1-10(2)8-23-16-5-12-13(7-17(16)24-9-11(3)4)19-14(18(21)22)6-15(12)20;/h5-7,10-11H,8-9H2,1-4H3,(H,19,20)(H,21,22);1H2. The van der Waals surface area contributed by atoms with Gasteiger partial charge in [0, 0.05) is 17.5 Å². The van der Waals surface area contributed by atoms with Crippen molar-refractivity contribution in [3.8, 4) is 11.5 Å². The number of hydrogen-bond acceptors (Lipinski definition) is 4. The molecule has 138 valence electrons. The molecule has 0 unspecified atom stereocenters. The number of nitrogens with one attached hydrogen (secondary N) is 1. The Morgan fingerprint density at radius 3 is 2.04 bits per heavy atom. The van der Waals surface area contributed by atoms with Gasteiger partial charge in [-0.1, -0.05) is 27.7 Å². The Labute approximate surface area is 145 Å². The van der Waals surface area contributed by atoms with Crippen molar-refractivity contribution in [2.75, 3.05) is 13.2 Å². The molecular formula is C18H25NO6. The molecule has 2 rings (SSSR count). The second kappa shape index (κ2) is 8.53. The maximum absolute atomic E-state index is 12.2. The van der Waals surface area contributed by atoms with Crippen molar-refractivity contribution in [3.05, 3.63) is 34.1 Å². The maximum atomic E-state index is 12.2. The molecule has 25 heavy (non-hydrogen) atoms. The van der Waals surface area contributed by atoms with E-state index >= 15 is 0 Å². The third kappa shape index (κ3) is 5.22. The Balaban J connectivity index is 0.00000312. The first-order valence-corrected chi connectivity index (χ1v) is 7.98. The van der Waals surface area contributed by atoms with Crippen molar-refractivity contribution in [2.45, 2.75) is 27.7 Å². The number of carboxylic acid groups (broad SMARTS) is 1. The molecule has 1 aromatic heterocycles. The molecule has 0 atom stereocenters. The molecule has 0 saturated heterocycles. The minimum atomic E-state index is -1.18. The zero-order chi connectivity index (χ0) is 17.9. The third-order valence-corrected chi connectivity index (χ3v) is 3.27. The van der Waals surface area contributed by atoms with E-state index < -0.39 is 5.97 Å². The zero-order valence-corrected chi connectivity index (χ0v) is 14.9. The Kier molecular flexibility index (Phi) is 6.99. The molecule has 0 aliphatic rings. The number of H-pyrrole nitrogens is 1. The Hall–Kier alpha value is -2.54. The van der Waals surface area contributed by atoms with Crippen LogP contribution in [0.15, 0.2) is 23.0 Å². The number of hydrogen-bond donors (Lipinski definition) is 2. The third-order valence-electron chi connectivity index (χ3n) is 3.27. The number of aromatic carboxylic acids is 1. The van der Waals surface area contributed by atoms with Crippen LogP contribution in [0.4, 0.5) is 0 Å². The molecule has 0 radical (unpaired) electrons. The number of carbonyl (C=O) groups is 1. The molecule has 1 heterocycles. The van der Waals surface area contributed by atoms with Crippen LogP contribution in [0.5, 0.6) is 11.5 Å². The van der Waals surface area contributed by atoms with E-state index in [0.717, 1.165) is 6.07 Å². The number of aromatic amines is 1. The number of carboxylic acids is 1. The van der Waals surface area contributed by atoms with Gasteiger partial charge in [0.25, 0.3) is 0 Å². The smallest absolute Gasteiger partial charge is 0.352 e. The molecule has 0 spiro atoms. The van der Waals surface area contributed by atoms with Gasteiger partial charge >= 0.3 is 5.97 Å². The van der Waals surface area contributed by atoms with E-state index in [2.05, 4.69) is 4.98 Å². The van der Waals surface area contributed by atoms with E-state index in [4.69, 9.17) is 14.6 Å². The fourth-order valence-corrected chi connectivity index (χ4v) is 2.11. The summed E-state index contributed by atoms with van der Waals surface area (Å²) in [6, 6.07) is 4.31. The topological polar surface area (TPSA) is 120 Å². The van der Waals surface area contributed by atoms with E-state index in [-0.39, 0.29) is 16.6 Å². The van der Waals surface area contributed by atoms with Crippen LogP contribution < -0.4 is 14.9 Å². The predicted octanol–water partition coefficient (Wildman–Crippen LogP) is 2.47. The molecule has 4 N–H and O–H groups in total. The molecule has 7 heteroatoms. The summed E-state index contributed by atoms with van der Waals surface area (Å²) in [5, 5.41) is 9.46. The van der Waals surface area contributed by atoms with Crippen LogP contribution in [0.25, 0.3) is 10.9 Å². The lowest BCUT2D eigenvalue weighted by Gasteiger charge is -2.16. The van der Waals surface area contributed by atoms with Crippen molar-refractivity contribution in [3.63, 3.8) is 0 Å².